The summed E-state index contributed by atoms with van der Waals surface area (Å²) in [5.74, 6) is -1.26. The zero-order valence-corrected chi connectivity index (χ0v) is 17.5. The van der Waals surface area contributed by atoms with Crippen LogP contribution in [0.4, 0.5) is 0 Å². The first kappa shape index (κ1) is 22.3. The molecule has 0 spiro atoms. The number of hydrogen-bond donors (Lipinski definition) is 2. The average Bonchev–Trinajstić information content (AvgIpc) is 3.10. The highest BCUT2D eigenvalue weighted by Gasteiger charge is 2.38. The molecule has 8 heteroatoms. The van der Waals surface area contributed by atoms with E-state index in [1.54, 1.807) is 17.0 Å². The number of allylic oxidation sites excluding steroid dienone is 2. The van der Waals surface area contributed by atoms with Crippen LogP contribution in [0.25, 0.3) is 0 Å². The van der Waals surface area contributed by atoms with Crippen molar-refractivity contribution in [3.05, 3.63) is 47.0 Å². The van der Waals surface area contributed by atoms with E-state index in [9.17, 15) is 19.5 Å². The minimum atomic E-state index is -0.655. The molecule has 1 aromatic rings. The minimum absolute atomic E-state index is 0.0515. The molecule has 2 N–H and O–H groups in total. The number of hydrogen-bond acceptors (Lipinski definition) is 5. The van der Waals surface area contributed by atoms with Crippen LogP contribution in [0.5, 0.6) is 0 Å². The molecule has 7 nitrogen and oxygen atoms in total. The van der Waals surface area contributed by atoms with Gasteiger partial charge in [-0.15, -0.1) is 0 Å². The second kappa shape index (κ2) is 10.6. The van der Waals surface area contributed by atoms with Crippen LogP contribution in [0, 0.1) is 5.92 Å². The zero-order valence-electron chi connectivity index (χ0n) is 16.8. The van der Waals surface area contributed by atoms with E-state index < -0.39 is 12.0 Å². The highest BCUT2D eigenvalue weighted by molar-refractivity contribution is 6.30. The third-order valence-electron chi connectivity index (χ3n) is 5.40. The Morgan fingerprint density at radius 1 is 1.23 bits per heavy atom. The number of amides is 2. The molecule has 1 saturated heterocycles. The van der Waals surface area contributed by atoms with Gasteiger partial charge in [0.2, 0.25) is 11.8 Å². The number of rotatable bonds is 4. The van der Waals surface area contributed by atoms with Crippen LogP contribution >= 0.6 is 11.6 Å². The van der Waals surface area contributed by atoms with Crippen LogP contribution in [0.2, 0.25) is 5.02 Å². The number of carbonyl (C=O) groups excluding carboxylic acids is 3. The van der Waals surface area contributed by atoms with Crippen molar-refractivity contribution in [1.29, 1.82) is 0 Å². The van der Waals surface area contributed by atoms with Gasteiger partial charge in [0.15, 0.2) is 0 Å². The number of esters is 1. The third kappa shape index (κ3) is 6.31. The summed E-state index contributed by atoms with van der Waals surface area (Å²) in [5, 5.41) is 13.5. The molecule has 3 rings (SSSR count). The van der Waals surface area contributed by atoms with E-state index in [1.807, 2.05) is 24.3 Å². The van der Waals surface area contributed by atoms with Crippen molar-refractivity contribution in [2.24, 2.45) is 5.92 Å². The van der Waals surface area contributed by atoms with Gasteiger partial charge in [-0.25, -0.2) is 0 Å². The van der Waals surface area contributed by atoms with E-state index in [4.69, 9.17) is 16.3 Å². The smallest absolute Gasteiger partial charge is 0.306 e. The Morgan fingerprint density at radius 2 is 2.00 bits per heavy atom. The minimum Gasteiger partial charge on any atom is -0.463 e. The Labute approximate surface area is 181 Å². The summed E-state index contributed by atoms with van der Waals surface area (Å²) in [5.41, 5.74) is 0.919. The highest BCUT2D eigenvalue weighted by atomic mass is 35.5. The molecule has 0 saturated carbocycles. The van der Waals surface area contributed by atoms with Gasteiger partial charge in [-0.1, -0.05) is 35.9 Å². The number of cyclic esters (lactones) is 1. The molecular weight excluding hydrogens is 408 g/mol. The van der Waals surface area contributed by atoms with Crippen molar-refractivity contribution in [3.8, 4) is 0 Å². The molecule has 2 aliphatic heterocycles. The molecular formula is C22H27ClN2O5. The van der Waals surface area contributed by atoms with Gasteiger partial charge in [-0.2, -0.15) is 0 Å². The number of aliphatic hydroxyl groups excluding tert-OH is 1. The van der Waals surface area contributed by atoms with Gasteiger partial charge in [0.05, 0.1) is 18.1 Å². The molecule has 3 atom stereocenters. The third-order valence-corrected chi connectivity index (χ3v) is 5.65. The lowest BCUT2D eigenvalue weighted by atomic mass is 9.97. The molecule has 2 amide bonds. The summed E-state index contributed by atoms with van der Waals surface area (Å²) in [6, 6.07) is 6.83. The summed E-state index contributed by atoms with van der Waals surface area (Å²) in [4.78, 5) is 39.0. The highest BCUT2D eigenvalue weighted by Crippen LogP contribution is 2.24. The van der Waals surface area contributed by atoms with Crippen molar-refractivity contribution in [3.63, 3.8) is 0 Å². The fourth-order valence-corrected chi connectivity index (χ4v) is 3.89. The van der Waals surface area contributed by atoms with Gasteiger partial charge in [0.25, 0.3) is 0 Å². The lowest BCUT2D eigenvalue weighted by Crippen LogP contribution is -2.43. The first-order chi connectivity index (χ1) is 14.4. The van der Waals surface area contributed by atoms with Crippen LogP contribution in [0.15, 0.2) is 36.4 Å². The molecule has 1 aromatic carbocycles. The Morgan fingerprint density at radius 3 is 2.77 bits per heavy atom. The average molecular weight is 435 g/mol. The van der Waals surface area contributed by atoms with Crippen molar-refractivity contribution in [2.45, 2.75) is 50.8 Å². The SMILES string of the molecule is O=C(C[C@@H]1CC=CCCC(=O)OC[C@@H]2C[C@@H](O)CN2C1=O)NCc1ccc(Cl)cc1. The van der Waals surface area contributed by atoms with Gasteiger partial charge >= 0.3 is 5.97 Å². The Hall–Kier alpha value is -2.38. The predicted molar refractivity (Wildman–Crippen MR) is 111 cm³/mol. The molecule has 0 aromatic heterocycles. The second-order valence-corrected chi connectivity index (χ2v) is 8.20. The van der Waals surface area contributed by atoms with Gasteiger partial charge in [-0.3, -0.25) is 14.4 Å². The largest absolute Gasteiger partial charge is 0.463 e. The Bertz CT molecular complexity index is 795. The van der Waals surface area contributed by atoms with Gasteiger partial charge in [-0.05, 0) is 37.0 Å². The van der Waals surface area contributed by atoms with Crippen LogP contribution in [-0.4, -0.2) is 53.1 Å². The van der Waals surface area contributed by atoms with Gasteiger partial charge < -0.3 is 20.1 Å². The second-order valence-electron chi connectivity index (χ2n) is 7.77. The number of aliphatic hydroxyl groups is 1. The van der Waals surface area contributed by atoms with Crippen molar-refractivity contribution in [1.82, 2.24) is 10.2 Å². The number of carbonyl (C=O) groups is 3. The molecule has 162 valence electrons. The summed E-state index contributed by atoms with van der Waals surface area (Å²) < 4.78 is 5.27. The fraction of sp³-hybridized carbons (Fsp3) is 0.500. The number of nitrogens with zero attached hydrogens (tertiary/aromatic N) is 1. The number of halogens is 1. The quantitative estimate of drug-likeness (QED) is 0.559. The van der Waals surface area contributed by atoms with Crippen LogP contribution in [0.1, 0.15) is 37.7 Å². The Kier molecular flexibility index (Phi) is 7.87. The first-order valence-corrected chi connectivity index (χ1v) is 10.6. The molecule has 0 bridgehead atoms. The summed E-state index contributed by atoms with van der Waals surface area (Å²) in [7, 11) is 0. The molecule has 1 fully saturated rings. The first-order valence-electron chi connectivity index (χ1n) is 10.2. The monoisotopic (exact) mass is 434 g/mol. The van der Waals surface area contributed by atoms with Crippen molar-refractivity contribution >= 4 is 29.4 Å². The molecule has 0 radical (unpaired) electrons. The zero-order chi connectivity index (χ0) is 21.5. The summed E-state index contributed by atoms with van der Waals surface area (Å²) in [6.07, 6.45) is 4.64. The van der Waals surface area contributed by atoms with Gasteiger partial charge in [0.1, 0.15) is 6.61 Å². The molecule has 2 aliphatic rings. The lowest BCUT2D eigenvalue weighted by Gasteiger charge is -2.28. The van der Waals surface area contributed by atoms with E-state index in [2.05, 4.69) is 5.32 Å². The maximum atomic E-state index is 13.2. The Balaban J connectivity index is 1.65. The van der Waals surface area contributed by atoms with E-state index in [-0.39, 0.29) is 49.8 Å². The summed E-state index contributed by atoms with van der Waals surface area (Å²) >= 11 is 5.88. The van der Waals surface area contributed by atoms with E-state index in [0.29, 0.717) is 30.8 Å². The lowest BCUT2D eigenvalue weighted by molar-refractivity contribution is -0.148. The molecule has 0 aliphatic carbocycles. The molecule has 2 heterocycles. The molecule has 0 unspecified atom stereocenters. The topological polar surface area (TPSA) is 95.9 Å². The number of fused-ring (bicyclic) bond motifs is 1. The number of nitrogens with one attached hydrogen (secondary N) is 1. The van der Waals surface area contributed by atoms with E-state index in [0.717, 1.165) is 5.56 Å². The number of benzene rings is 1. The normalized spacial score (nSPS) is 25.1. The maximum absolute atomic E-state index is 13.2. The van der Waals surface area contributed by atoms with Crippen LogP contribution in [0.3, 0.4) is 0 Å². The van der Waals surface area contributed by atoms with Crippen molar-refractivity contribution < 1.29 is 24.2 Å². The summed E-state index contributed by atoms with van der Waals surface area (Å²) in [6.45, 7) is 0.613. The van der Waals surface area contributed by atoms with Crippen LogP contribution < -0.4 is 5.32 Å². The van der Waals surface area contributed by atoms with E-state index >= 15 is 0 Å². The van der Waals surface area contributed by atoms with Crippen molar-refractivity contribution in [2.75, 3.05) is 13.2 Å². The number of ether oxygens (including phenoxy) is 1. The standard InChI is InChI=1S/C22H27ClN2O5/c23-17-8-6-15(7-9-17)12-24-20(27)10-16-4-2-1-3-5-21(28)30-14-18-11-19(26)13-25(18)22(16)29/h1-2,6-9,16,18-19,26H,3-5,10-14H2,(H,24,27)/t16-,18-,19+/m0/s1. The van der Waals surface area contributed by atoms with Crippen LogP contribution in [-0.2, 0) is 25.7 Å². The van der Waals surface area contributed by atoms with E-state index in [1.165, 1.54) is 0 Å². The fourth-order valence-electron chi connectivity index (χ4n) is 3.77. The van der Waals surface area contributed by atoms with Gasteiger partial charge in [0, 0.05) is 31.0 Å². The maximum Gasteiger partial charge on any atom is 0.306 e. The molecule has 30 heavy (non-hydrogen) atoms. The predicted octanol–water partition coefficient (Wildman–Crippen LogP) is 2.21.